The first-order valence-electron chi connectivity index (χ1n) is 11.7. The minimum atomic E-state index is -4.51. The second-order valence-electron chi connectivity index (χ2n) is 9.59. The quantitative estimate of drug-likeness (QED) is 0.383. The van der Waals surface area contributed by atoms with Crippen molar-refractivity contribution in [3.05, 3.63) is 69.8 Å². The van der Waals surface area contributed by atoms with Crippen LogP contribution in [0.3, 0.4) is 0 Å². The number of halogens is 6. The minimum Gasteiger partial charge on any atom is -0.371 e. The molecule has 1 fully saturated rings. The van der Waals surface area contributed by atoms with Crippen LogP contribution in [0.5, 0.6) is 0 Å². The first kappa shape index (κ1) is 27.6. The lowest BCUT2D eigenvalue weighted by atomic mass is 9.75. The van der Waals surface area contributed by atoms with Crippen LogP contribution in [0.2, 0.25) is 0 Å². The third-order valence-corrected chi connectivity index (χ3v) is 6.86. The topological polar surface area (TPSA) is 41.1 Å². The molecule has 2 aromatic carbocycles. The molecule has 0 aromatic heterocycles. The Morgan fingerprint density at radius 3 is 2.06 bits per heavy atom. The lowest BCUT2D eigenvalue weighted by Crippen LogP contribution is -2.58. The maximum Gasteiger partial charge on any atom is 0.405 e. The number of nitrogens with one attached hydrogen (secondary N) is 2. The van der Waals surface area contributed by atoms with E-state index in [4.69, 9.17) is 0 Å². The summed E-state index contributed by atoms with van der Waals surface area (Å²) in [6, 6.07) is 8.05. The van der Waals surface area contributed by atoms with E-state index in [0.717, 1.165) is 22.8 Å². The van der Waals surface area contributed by atoms with E-state index in [0.29, 0.717) is 36.1 Å². The number of hydrogen-bond acceptors (Lipinski definition) is 2. The first-order chi connectivity index (χ1) is 16.6. The molecule has 2 aromatic rings. The van der Waals surface area contributed by atoms with Gasteiger partial charge < -0.3 is 10.6 Å². The Morgan fingerprint density at radius 2 is 1.58 bits per heavy atom. The highest BCUT2D eigenvalue weighted by molar-refractivity contribution is 5.90. The number of alkyl halides is 6. The summed E-state index contributed by atoms with van der Waals surface area (Å²) in [6.45, 7) is 5.78. The third kappa shape index (κ3) is 6.42. The van der Waals surface area contributed by atoms with Gasteiger partial charge in [0.2, 0.25) is 5.91 Å². The van der Waals surface area contributed by atoms with Gasteiger partial charge >= 0.3 is 12.4 Å². The van der Waals surface area contributed by atoms with E-state index >= 15 is 0 Å². The van der Waals surface area contributed by atoms with Crippen molar-refractivity contribution in [2.24, 2.45) is 0 Å². The maximum atomic E-state index is 13.9. The number of benzene rings is 2. The molecule has 1 aliphatic carbocycles. The molecule has 1 saturated carbocycles. The van der Waals surface area contributed by atoms with Crippen molar-refractivity contribution >= 4 is 17.7 Å². The fourth-order valence-corrected chi connectivity index (χ4v) is 4.34. The predicted molar refractivity (Wildman–Crippen MR) is 129 cm³/mol. The average molecular weight is 513 g/mol. The molecule has 1 amide bonds. The number of carbonyl (C=O) groups excluding carboxylic acids is 1. The zero-order chi connectivity index (χ0) is 26.9. The standard InChI is InChI=1S/C27H30F6N2O/c1-16-13-21(14-17(2)19(16)4)22(27(31,32)33)8-6-20-7-9-23(18(3)12-20)35-25(10-5-11-25)24(36)34-15-26(28,29)30/h6-9,12-14,22,35H,5,10-11,15H2,1-4H3,(H,34,36)/b8-6+. The Morgan fingerprint density at radius 1 is 0.972 bits per heavy atom. The van der Waals surface area contributed by atoms with Gasteiger partial charge in [0.05, 0.1) is 5.92 Å². The van der Waals surface area contributed by atoms with E-state index in [1.807, 2.05) is 12.2 Å². The normalized spacial score (nSPS) is 16.5. The summed E-state index contributed by atoms with van der Waals surface area (Å²) in [6.07, 6.45) is -4.96. The van der Waals surface area contributed by atoms with Gasteiger partial charge in [-0.3, -0.25) is 4.79 Å². The molecule has 9 heteroatoms. The van der Waals surface area contributed by atoms with Crippen LogP contribution in [0.1, 0.15) is 58.6 Å². The third-order valence-electron chi connectivity index (χ3n) is 6.86. The molecule has 0 radical (unpaired) electrons. The van der Waals surface area contributed by atoms with E-state index in [9.17, 15) is 31.1 Å². The fourth-order valence-electron chi connectivity index (χ4n) is 4.34. The molecule has 196 valence electrons. The first-order valence-corrected chi connectivity index (χ1v) is 11.7. The molecule has 36 heavy (non-hydrogen) atoms. The van der Waals surface area contributed by atoms with E-state index in [-0.39, 0.29) is 5.56 Å². The minimum absolute atomic E-state index is 0.172. The molecule has 1 unspecified atom stereocenters. The van der Waals surface area contributed by atoms with E-state index in [2.05, 4.69) is 5.32 Å². The molecule has 3 nitrogen and oxygen atoms in total. The van der Waals surface area contributed by atoms with Gasteiger partial charge in [0.25, 0.3) is 0 Å². The summed E-state index contributed by atoms with van der Waals surface area (Å²) >= 11 is 0. The van der Waals surface area contributed by atoms with Gasteiger partial charge in [-0.1, -0.05) is 30.4 Å². The Balaban J connectivity index is 1.80. The highest BCUT2D eigenvalue weighted by atomic mass is 19.4. The van der Waals surface area contributed by atoms with Crippen LogP contribution in [0, 0.1) is 27.7 Å². The highest BCUT2D eigenvalue weighted by Crippen LogP contribution is 2.39. The zero-order valence-corrected chi connectivity index (χ0v) is 20.6. The molecule has 0 heterocycles. The fraction of sp³-hybridized carbons (Fsp3) is 0.444. The van der Waals surface area contributed by atoms with Crippen LogP contribution in [-0.2, 0) is 4.79 Å². The van der Waals surface area contributed by atoms with E-state index in [1.54, 1.807) is 51.1 Å². The molecule has 1 aliphatic rings. The predicted octanol–water partition coefficient (Wildman–Crippen LogP) is 7.29. The summed E-state index contributed by atoms with van der Waals surface area (Å²) in [4.78, 5) is 12.5. The number of hydrogen-bond donors (Lipinski definition) is 2. The second-order valence-corrected chi connectivity index (χ2v) is 9.59. The Hall–Kier alpha value is -2.97. The number of amides is 1. The summed E-state index contributed by atoms with van der Waals surface area (Å²) in [5.41, 5.74) is 3.34. The van der Waals surface area contributed by atoms with Crippen molar-refractivity contribution < 1.29 is 31.1 Å². The molecule has 0 aliphatic heterocycles. The molecular weight excluding hydrogens is 482 g/mol. The number of aryl methyl sites for hydroxylation is 3. The van der Waals surface area contributed by atoms with E-state index in [1.165, 1.54) is 6.08 Å². The van der Waals surface area contributed by atoms with Crippen LogP contribution < -0.4 is 10.6 Å². The number of anilines is 1. The van der Waals surface area contributed by atoms with Gasteiger partial charge in [0, 0.05) is 5.69 Å². The van der Waals surface area contributed by atoms with Crippen molar-refractivity contribution in [3.8, 4) is 0 Å². The Labute approximate surface area is 207 Å². The Kier molecular flexibility index (Phi) is 7.81. The van der Waals surface area contributed by atoms with Crippen LogP contribution >= 0.6 is 0 Å². The zero-order valence-electron chi connectivity index (χ0n) is 20.6. The number of allylic oxidation sites excluding steroid dienone is 1. The summed E-state index contributed by atoms with van der Waals surface area (Å²) in [5.74, 6) is -2.49. The lowest BCUT2D eigenvalue weighted by molar-refractivity contribution is -0.142. The molecule has 2 N–H and O–H groups in total. The largest absolute Gasteiger partial charge is 0.405 e. The van der Waals surface area contributed by atoms with Crippen molar-refractivity contribution in [2.75, 3.05) is 11.9 Å². The lowest BCUT2D eigenvalue weighted by Gasteiger charge is -2.42. The van der Waals surface area contributed by atoms with Gasteiger partial charge in [-0.2, -0.15) is 26.3 Å². The van der Waals surface area contributed by atoms with Crippen LogP contribution in [0.25, 0.3) is 6.08 Å². The Bertz CT molecular complexity index is 1120. The number of rotatable bonds is 7. The molecule has 3 rings (SSSR count). The average Bonchev–Trinajstić information content (AvgIpc) is 2.72. The molecule has 0 spiro atoms. The van der Waals surface area contributed by atoms with Gasteiger partial charge in [0.1, 0.15) is 12.1 Å². The monoisotopic (exact) mass is 512 g/mol. The van der Waals surface area contributed by atoms with Crippen LogP contribution in [0.15, 0.2) is 36.4 Å². The van der Waals surface area contributed by atoms with Crippen molar-refractivity contribution in [3.63, 3.8) is 0 Å². The van der Waals surface area contributed by atoms with Crippen LogP contribution in [-0.4, -0.2) is 30.3 Å². The molecular formula is C27H30F6N2O. The number of carbonyl (C=O) groups is 1. The maximum absolute atomic E-state index is 13.9. The van der Waals surface area contributed by atoms with E-state index < -0.39 is 36.3 Å². The SMILES string of the molecule is Cc1cc(/C=C/C(c2cc(C)c(C)c(C)c2)C(F)(F)F)ccc1NC1(C(=O)NCC(F)(F)F)CCC1. The smallest absolute Gasteiger partial charge is 0.371 e. The van der Waals surface area contributed by atoms with Gasteiger partial charge in [-0.15, -0.1) is 0 Å². The van der Waals surface area contributed by atoms with Crippen molar-refractivity contribution in [2.45, 2.75) is 70.8 Å². The summed E-state index contributed by atoms with van der Waals surface area (Å²) < 4.78 is 79.2. The molecule has 0 saturated heterocycles. The van der Waals surface area contributed by atoms with Crippen molar-refractivity contribution in [1.82, 2.24) is 5.32 Å². The highest BCUT2D eigenvalue weighted by Gasteiger charge is 2.45. The summed E-state index contributed by atoms with van der Waals surface area (Å²) in [5, 5.41) is 5.02. The van der Waals surface area contributed by atoms with Gasteiger partial charge in [-0.05, 0) is 92.5 Å². The molecule has 0 bridgehead atoms. The van der Waals surface area contributed by atoms with Gasteiger partial charge in [-0.25, -0.2) is 0 Å². The van der Waals surface area contributed by atoms with Crippen molar-refractivity contribution in [1.29, 1.82) is 0 Å². The second kappa shape index (κ2) is 10.2. The van der Waals surface area contributed by atoms with Crippen LogP contribution in [0.4, 0.5) is 32.0 Å². The molecule has 1 atom stereocenters. The van der Waals surface area contributed by atoms with Gasteiger partial charge in [0.15, 0.2) is 0 Å². The summed E-state index contributed by atoms with van der Waals surface area (Å²) in [7, 11) is 0.